The molecule has 3 heterocycles. The quantitative estimate of drug-likeness (QED) is 0.525. The standard InChI is InChI=1S/C21H17N3O3S/c1-2-27-16-10-8-14(12-23-16)24-17(25)11-9-15-18(20(22)28-21(15)24)19(26)13-6-4-3-5-7-13/h3-12H,2,22H2,1H3. The van der Waals surface area contributed by atoms with E-state index >= 15 is 0 Å². The predicted molar refractivity (Wildman–Crippen MR) is 111 cm³/mol. The SMILES string of the molecule is CCOc1ccc(-n2c(=O)ccc3c(C(=O)c4ccccc4)c(N)sc32)cn1. The molecule has 0 bridgehead atoms. The molecule has 7 heteroatoms. The largest absolute Gasteiger partial charge is 0.478 e. The summed E-state index contributed by atoms with van der Waals surface area (Å²) in [5.74, 6) is 0.316. The Morgan fingerprint density at radius 2 is 1.93 bits per heavy atom. The zero-order valence-corrected chi connectivity index (χ0v) is 15.9. The van der Waals surface area contributed by atoms with E-state index in [9.17, 15) is 9.59 Å². The maximum atomic E-state index is 13.0. The summed E-state index contributed by atoms with van der Waals surface area (Å²) < 4.78 is 6.87. The van der Waals surface area contributed by atoms with Crippen molar-refractivity contribution in [2.45, 2.75) is 6.92 Å². The van der Waals surface area contributed by atoms with Crippen LogP contribution in [0.15, 0.2) is 65.6 Å². The van der Waals surface area contributed by atoms with Gasteiger partial charge in [0.15, 0.2) is 5.78 Å². The number of carbonyl (C=O) groups is 1. The molecule has 6 nitrogen and oxygen atoms in total. The van der Waals surface area contributed by atoms with Gasteiger partial charge in [0.1, 0.15) is 4.83 Å². The number of fused-ring (bicyclic) bond motifs is 1. The van der Waals surface area contributed by atoms with Crippen LogP contribution in [0.3, 0.4) is 0 Å². The molecule has 0 atom stereocenters. The lowest BCUT2D eigenvalue weighted by Crippen LogP contribution is -2.17. The van der Waals surface area contributed by atoms with Gasteiger partial charge in [-0.2, -0.15) is 0 Å². The van der Waals surface area contributed by atoms with Gasteiger partial charge < -0.3 is 10.5 Å². The van der Waals surface area contributed by atoms with E-state index in [1.807, 2.05) is 13.0 Å². The lowest BCUT2D eigenvalue weighted by Gasteiger charge is -2.08. The molecule has 0 saturated heterocycles. The van der Waals surface area contributed by atoms with E-state index in [0.717, 1.165) is 0 Å². The highest BCUT2D eigenvalue weighted by Gasteiger charge is 2.21. The molecule has 2 N–H and O–H groups in total. The van der Waals surface area contributed by atoms with Crippen molar-refractivity contribution in [2.75, 3.05) is 12.3 Å². The molecule has 28 heavy (non-hydrogen) atoms. The molecular formula is C21H17N3O3S. The number of ketones is 1. The number of anilines is 1. The fourth-order valence-corrected chi connectivity index (χ4v) is 4.13. The van der Waals surface area contributed by atoms with Gasteiger partial charge in [-0.05, 0) is 19.1 Å². The van der Waals surface area contributed by atoms with E-state index in [2.05, 4.69) is 4.98 Å². The highest BCUT2D eigenvalue weighted by molar-refractivity contribution is 7.22. The molecule has 0 radical (unpaired) electrons. The molecule has 0 aliphatic heterocycles. The van der Waals surface area contributed by atoms with Gasteiger partial charge in [-0.25, -0.2) is 4.98 Å². The van der Waals surface area contributed by atoms with Gasteiger partial charge in [-0.3, -0.25) is 14.2 Å². The van der Waals surface area contributed by atoms with Gasteiger partial charge in [0.2, 0.25) is 5.88 Å². The third-order valence-electron chi connectivity index (χ3n) is 4.30. The summed E-state index contributed by atoms with van der Waals surface area (Å²) >= 11 is 1.21. The second-order valence-corrected chi connectivity index (χ2v) is 7.08. The van der Waals surface area contributed by atoms with Crippen LogP contribution in [0, 0.1) is 0 Å². The van der Waals surface area contributed by atoms with Crippen molar-refractivity contribution in [1.29, 1.82) is 0 Å². The summed E-state index contributed by atoms with van der Waals surface area (Å²) in [6.45, 7) is 2.38. The molecule has 0 aliphatic carbocycles. The Hall–Kier alpha value is -3.45. The minimum atomic E-state index is -0.224. The number of nitrogen functional groups attached to an aromatic ring is 1. The van der Waals surface area contributed by atoms with Crippen LogP contribution in [0.4, 0.5) is 5.00 Å². The summed E-state index contributed by atoms with van der Waals surface area (Å²) in [6, 6.07) is 15.5. The van der Waals surface area contributed by atoms with E-state index in [1.54, 1.807) is 48.7 Å². The minimum absolute atomic E-state index is 0.167. The molecule has 4 rings (SSSR count). The fraction of sp³-hybridized carbons (Fsp3) is 0.0952. The number of carbonyl (C=O) groups excluding carboxylic acids is 1. The van der Waals surface area contributed by atoms with E-state index in [0.29, 0.717) is 44.5 Å². The molecule has 0 spiro atoms. The van der Waals surface area contributed by atoms with Crippen LogP contribution in [0.25, 0.3) is 15.9 Å². The van der Waals surface area contributed by atoms with Gasteiger partial charge in [0.05, 0.1) is 29.1 Å². The maximum Gasteiger partial charge on any atom is 0.256 e. The number of rotatable bonds is 5. The molecule has 140 valence electrons. The molecule has 4 aromatic rings. The van der Waals surface area contributed by atoms with Crippen molar-refractivity contribution in [2.24, 2.45) is 0 Å². The van der Waals surface area contributed by atoms with Crippen molar-refractivity contribution in [3.05, 3.63) is 82.3 Å². The number of pyridine rings is 2. The lowest BCUT2D eigenvalue weighted by molar-refractivity contribution is 0.104. The van der Waals surface area contributed by atoms with E-state index < -0.39 is 0 Å². The lowest BCUT2D eigenvalue weighted by atomic mass is 10.0. The first-order valence-corrected chi connectivity index (χ1v) is 9.54. The first-order chi connectivity index (χ1) is 13.6. The summed E-state index contributed by atoms with van der Waals surface area (Å²) in [5, 5.41) is 1.02. The molecule has 0 aliphatic rings. The summed E-state index contributed by atoms with van der Waals surface area (Å²) in [5.41, 5.74) is 7.52. The summed E-state index contributed by atoms with van der Waals surface area (Å²) in [4.78, 5) is 30.4. The molecule has 0 unspecified atom stereocenters. The van der Waals surface area contributed by atoms with Crippen molar-refractivity contribution < 1.29 is 9.53 Å². The molecule has 3 aromatic heterocycles. The third-order valence-corrected chi connectivity index (χ3v) is 5.32. The first kappa shape index (κ1) is 17.9. The van der Waals surface area contributed by atoms with Gasteiger partial charge in [0.25, 0.3) is 5.56 Å². The van der Waals surface area contributed by atoms with E-state index in [4.69, 9.17) is 10.5 Å². The number of hydrogen-bond acceptors (Lipinski definition) is 6. The Kier molecular flexibility index (Phi) is 4.67. The number of ether oxygens (including phenoxy) is 1. The van der Waals surface area contributed by atoms with Crippen LogP contribution < -0.4 is 16.0 Å². The second-order valence-electron chi connectivity index (χ2n) is 6.05. The molecule has 0 saturated carbocycles. The Morgan fingerprint density at radius 3 is 2.61 bits per heavy atom. The Bertz CT molecular complexity index is 1210. The van der Waals surface area contributed by atoms with Crippen molar-refractivity contribution in [3.63, 3.8) is 0 Å². The minimum Gasteiger partial charge on any atom is -0.478 e. The highest BCUT2D eigenvalue weighted by Crippen LogP contribution is 2.35. The zero-order chi connectivity index (χ0) is 19.7. The zero-order valence-electron chi connectivity index (χ0n) is 15.1. The maximum absolute atomic E-state index is 13.0. The number of nitrogens with zero attached hydrogens (tertiary/aromatic N) is 2. The summed E-state index contributed by atoms with van der Waals surface area (Å²) in [6.07, 6.45) is 1.57. The summed E-state index contributed by atoms with van der Waals surface area (Å²) in [7, 11) is 0. The molecule has 0 fully saturated rings. The fourth-order valence-electron chi connectivity index (χ4n) is 3.05. The van der Waals surface area contributed by atoms with Crippen LogP contribution >= 0.6 is 11.3 Å². The van der Waals surface area contributed by atoms with Gasteiger partial charge >= 0.3 is 0 Å². The van der Waals surface area contributed by atoms with Gasteiger partial charge in [0, 0.05) is 23.1 Å². The van der Waals surface area contributed by atoms with Crippen molar-refractivity contribution in [3.8, 4) is 11.6 Å². The Labute approximate surface area is 164 Å². The van der Waals surface area contributed by atoms with E-state index in [-0.39, 0.29) is 11.3 Å². The topological polar surface area (TPSA) is 87.2 Å². The Morgan fingerprint density at radius 1 is 1.14 bits per heavy atom. The Balaban J connectivity index is 1.89. The van der Waals surface area contributed by atoms with Gasteiger partial charge in [-0.15, -0.1) is 0 Å². The van der Waals surface area contributed by atoms with Crippen LogP contribution in [0.2, 0.25) is 0 Å². The number of thiophene rings is 1. The number of benzene rings is 1. The average Bonchev–Trinajstić information content (AvgIpc) is 3.05. The molecule has 0 amide bonds. The van der Waals surface area contributed by atoms with Crippen LogP contribution in [0.5, 0.6) is 5.88 Å². The van der Waals surface area contributed by atoms with Gasteiger partial charge in [-0.1, -0.05) is 41.7 Å². The van der Waals surface area contributed by atoms with Crippen molar-refractivity contribution in [1.82, 2.24) is 9.55 Å². The second kappa shape index (κ2) is 7.28. The normalized spacial score (nSPS) is 10.9. The van der Waals surface area contributed by atoms with Crippen molar-refractivity contribution >= 4 is 32.3 Å². The highest BCUT2D eigenvalue weighted by atomic mass is 32.1. The monoisotopic (exact) mass is 391 g/mol. The number of hydrogen-bond donors (Lipinski definition) is 1. The third kappa shape index (κ3) is 3.05. The number of aromatic nitrogens is 2. The van der Waals surface area contributed by atoms with Crippen LogP contribution in [-0.2, 0) is 0 Å². The smallest absolute Gasteiger partial charge is 0.256 e. The van der Waals surface area contributed by atoms with Crippen LogP contribution in [0.1, 0.15) is 22.8 Å². The first-order valence-electron chi connectivity index (χ1n) is 8.73. The van der Waals surface area contributed by atoms with E-state index in [1.165, 1.54) is 22.0 Å². The van der Waals surface area contributed by atoms with Crippen LogP contribution in [-0.4, -0.2) is 21.9 Å². The molecule has 1 aromatic carbocycles. The predicted octanol–water partition coefficient (Wildman–Crippen LogP) is 3.66. The average molecular weight is 391 g/mol. The molecular weight excluding hydrogens is 374 g/mol. The number of nitrogens with two attached hydrogens (primary N) is 1.